The van der Waals surface area contributed by atoms with Gasteiger partial charge in [0.25, 0.3) is 5.91 Å². The molecule has 1 aromatic heterocycles. The molecule has 1 aliphatic rings. The predicted molar refractivity (Wildman–Crippen MR) is 99.6 cm³/mol. The summed E-state index contributed by atoms with van der Waals surface area (Å²) >= 11 is 0. The summed E-state index contributed by atoms with van der Waals surface area (Å²) in [4.78, 5) is 12.9. The minimum atomic E-state index is -3.52. The van der Waals surface area contributed by atoms with Crippen LogP contribution in [0.25, 0.3) is 0 Å². The van der Waals surface area contributed by atoms with Gasteiger partial charge in [0, 0.05) is 11.6 Å². The third-order valence-corrected chi connectivity index (χ3v) is 6.52. The van der Waals surface area contributed by atoms with Crippen LogP contribution < -0.4 is 5.32 Å². The van der Waals surface area contributed by atoms with Crippen molar-refractivity contribution in [2.45, 2.75) is 61.6 Å². The average Bonchev–Trinajstić information content (AvgIpc) is 3.05. The van der Waals surface area contributed by atoms with E-state index in [-0.39, 0.29) is 28.4 Å². The van der Waals surface area contributed by atoms with Crippen LogP contribution in [0.3, 0.4) is 0 Å². The number of carbonyl (C=O) groups is 1. The van der Waals surface area contributed by atoms with Crippen LogP contribution in [0.4, 0.5) is 0 Å². The summed E-state index contributed by atoms with van der Waals surface area (Å²) in [7, 11) is -3.52. The monoisotopic (exact) mass is 375 g/mol. The van der Waals surface area contributed by atoms with E-state index in [9.17, 15) is 13.2 Å². The van der Waals surface area contributed by atoms with Gasteiger partial charge in [0.1, 0.15) is 0 Å². The molecule has 1 aromatic carbocycles. The first kappa shape index (κ1) is 18.7. The van der Waals surface area contributed by atoms with E-state index in [1.165, 1.54) is 25.5 Å². The van der Waals surface area contributed by atoms with Crippen molar-refractivity contribution in [1.82, 2.24) is 5.32 Å². The normalized spacial score (nSPS) is 16.6. The molecule has 140 valence electrons. The van der Waals surface area contributed by atoms with Crippen molar-refractivity contribution in [1.29, 1.82) is 0 Å². The van der Waals surface area contributed by atoms with Gasteiger partial charge in [-0.25, -0.2) is 8.42 Å². The van der Waals surface area contributed by atoms with E-state index in [1.807, 2.05) is 0 Å². The molecule has 0 aliphatic heterocycles. The zero-order valence-corrected chi connectivity index (χ0v) is 15.6. The maximum absolute atomic E-state index is 12.6. The smallest absolute Gasteiger partial charge is 0.287 e. The summed E-state index contributed by atoms with van der Waals surface area (Å²) in [6.45, 7) is 0. The van der Waals surface area contributed by atoms with E-state index in [4.69, 9.17) is 4.42 Å². The van der Waals surface area contributed by atoms with Crippen LogP contribution in [0.1, 0.15) is 61.1 Å². The Hall–Kier alpha value is -2.08. The Labute approximate surface area is 154 Å². The molecule has 26 heavy (non-hydrogen) atoms. The highest BCUT2D eigenvalue weighted by molar-refractivity contribution is 7.90. The van der Waals surface area contributed by atoms with Crippen molar-refractivity contribution in [3.63, 3.8) is 0 Å². The fourth-order valence-electron chi connectivity index (χ4n) is 3.42. The van der Waals surface area contributed by atoms with E-state index in [0.29, 0.717) is 5.56 Å². The molecule has 0 bridgehead atoms. The minimum absolute atomic E-state index is 0.103. The molecule has 0 radical (unpaired) electrons. The molecule has 0 spiro atoms. The standard InChI is InChI=1S/C20H25NO4S/c22-20(21-17-9-5-2-1-3-6-10-17)19-16(13-14-25-19)15-26(23,24)18-11-7-4-8-12-18/h4,7-8,11-14,17H,1-3,5-6,9-10,15H2,(H,21,22). The lowest BCUT2D eigenvalue weighted by atomic mass is 9.96. The molecule has 0 saturated heterocycles. The number of hydrogen-bond acceptors (Lipinski definition) is 4. The summed E-state index contributed by atoms with van der Waals surface area (Å²) in [5, 5.41) is 3.03. The van der Waals surface area contributed by atoms with Crippen molar-refractivity contribution in [2.24, 2.45) is 0 Å². The van der Waals surface area contributed by atoms with Crippen molar-refractivity contribution < 1.29 is 17.6 Å². The van der Waals surface area contributed by atoms with E-state index >= 15 is 0 Å². The van der Waals surface area contributed by atoms with Gasteiger partial charge in [0.15, 0.2) is 15.6 Å². The minimum Gasteiger partial charge on any atom is -0.459 e. The Morgan fingerprint density at radius 1 is 1.00 bits per heavy atom. The number of rotatable bonds is 5. The largest absolute Gasteiger partial charge is 0.459 e. The first-order valence-electron chi connectivity index (χ1n) is 9.21. The Kier molecular flexibility index (Phi) is 6.14. The molecule has 5 nitrogen and oxygen atoms in total. The molecule has 1 saturated carbocycles. The summed E-state index contributed by atoms with van der Waals surface area (Å²) in [6, 6.07) is 9.95. The summed E-state index contributed by atoms with van der Waals surface area (Å²) in [6.07, 6.45) is 9.19. The molecule has 2 aromatic rings. The van der Waals surface area contributed by atoms with Crippen molar-refractivity contribution >= 4 is 15.7 Å². The first-order chi connectivity index (χ1) is 12.6. The maximum atomic E-state index is 12.6. The van der Waals surface area contributed by atoms with Crippen molar-refractivity contribution in [3.8, 4) is 0 Å². The number of nitrogens with one attached hydrogen (secondary N) is 1. The predicted octanol–water partition coefficient (Wildman–Crippen LogP) is 4.10. The molecule has 1 amide bonds. The zero-order chi connectivity index (χ0) is 18.4. The number of hydrogen-bond donors (Lipinski definition) is 1. The van der Waals surface area contributed by atoms with Crippen molar-refractivity contribution in [3.05, 3.63) is 54.0 Å². The molecule has 3 rings (SSSR count). The highest BCUT2D eigenvalue weighted by atomic mass is 32.2. The van der Waals surface area contributed by atoms with Crippen LogP contribution in [0.5, 0.6) is 0 Å². The lowest BCUT2D eigenvalue weighted by molar-refractivity contribution is 0.0901. The molecule has 0 atom stereocenters. The molecule has 1 N–H and O–H groups in total. The Bertz CT molecular complexity index is 819. The third-order valence-electron chi connectivity index (χ3n) is 4.84. The summed E-state index contributed by atoms with van der Waals surface area (Å²) < 4.78 is 30.5. The topological polar surface area (TPSA) is 76.4 Å². The van der Waals surface area contributed by atoms with E-state index in [2.05, 4.69) is 5.32 Å². The zero-order valence-electron chi connectivity index (χ0n) is 14.8. The molecule has 1 fully saturated rings. The van der Waals surface area contributed by atoms with Gasteiger partial charge in [-0.3, -0.25) is 4.79 Å². The second-order valence-corrected chi connectivity index (χ2v) is 8.85. The molecule has 0 unspecified atom stereocenters. The Balaban J connectivity index is 1.70. The van der Waals surface area contributed by atoms with Crippen LogP contribution in [-0.4, -0.2) is 20.4 Å². The van der Waals surface area contributed by atoms with Gasteiger partial charge < -0.3 is 9.73 Å². The summed E-state index contributed by atoms with van der Waals surface area (Å²) in [5.41, 5.74) is 0.400. The van der Waals surface area contributed by atoms with Gasteiger partial charge >= 0.3 is 0 Å². The lowest BCUT2D eigenvalue weighted by Gasteiger charge is -2.20. The van der Waals surface area contributed by atoms with Gasteiger partial charge in [0.05, 0.1) is 16.9 Å². The fraction of sp³-hybridized carbons (Fsp3) is 0.450. The molecular formula is C20H25NO4S. The molecule has 1 aliphatic carbocycles. The lowest BCUT2D eigenvalue weighted by Crippen LogP contribution is -2.35. The maximum Gasteiger partial charge on any atom is 0.287 e. The number of carbonyl (C=O) groups excluding carboxylic acids is 1. The van der Waals surface area contributed by atoms with Gasteiger partial charge in [-0.15, -0.1) is 0 Å². The average molecular weight is 375 g/mol. The highest BCUT2D eigenvalue weighted by Crippen LogP contribution is 2.21. The van der Waals surface area contributed by atoms with E-state index < -0.39 is 9.84 Å². The quantitative estimate of drug-likeness (QED) is 0.854. The van der Waals surface area contributed by atoms with Crippen LogP contribution in [-0.2, 0) is 15.6 Å². The van der Waals surface area contributed by atoms with Crippen molar-refractivity contribution in [2.75, 3.05) is 0 Å². The van der Waals surface area contributed by atoms with Crippen LogP contribution in [0, 0.1) is 0 Å². The molecule has 6 heteroatoms. The number of sulfone groups is 1. The number of benzene rings is 1. The van der Waals surface area contributed by atoms with Gasteiger partial charge in [-0.2, -0.15) is 0 Å². The van der Waals surface area contributed by atoms with Crippen LogP contribution in [0.2, 0.25) is 0 Å². The number of amides is 1. The Morgan fingerprint density at radius 3 is 2.35 bits per heavy atom. The highest BCUT2D eigenvalue weighted by Gasteiger charge is 2.24. The van der Waals surface area contributed by atoms with E-state index in [0.717, 1.165) is 25.7 Å². The second-order valence-electron chi connectivity index (χ2n) is 6.86. The van der Waals surface area contributed by atoms with Crippen LogP contribution >= 0.6 is 0 Å². The third kappa shape index (κ3) is 4.75. The molecular weight excluding hydrogens is 350 g/mol. The van der Waals surface area contributed by atoms with Gasteiger partial charge in [0.2, 0.25) is 0 Å². The molecule has 1 heterocycles. The van der Waals surface area contributed by atoms with Gasteiger partial charge in [-0.05, 0) is 31.0 Å². The second kappa shape index (κ2) is 8.54. The first-order valence-corrected chi connectivity index (χ1v) is 10.9. The van der Waals surface area contributed by atoms with E-state index in [1.54, 1.807) is 36.4 Å². The fourth-order valence-corrected chi connectivity index (χ4v) is 4.79. The SMILES string of the molecule is O=C(NC1CCCCCCC1)c1occc1CS(=O)(=O)c1ccccc1. The summed E-state index contributed by atoms with van der Waals surface area (Å²) in [5.74, 6) is -0.466. The van der Waals surface area contributed by atoms with Crippen LogP contribution in [0.15, 0.2) is 52.0 Å². The van der Waals surface area contributed by atoms with Gasteiger partial charge in [-0.1, -0.05) is 50.3 Å². The Morgan fingerprint density at radius 2 is 1.65 bits per heavy atom. The number of furan rings is 1.